The Bertz CT molecular complexity index is 660. The number of likely N-dealkylation sites (N-methyl/N-ethyl adjacent to an activating group) is 1. The van der Waals surface area contributed by atoms with Gasteiger partial charge in [-0.25, -0.2) is 0 Å². The smallest absolute Gasteiger partial charge is 0.261 e. The SMILES string of the molecule is CN1C[C@H](O[Si](c2ccccc2)(c2ccccc2)C(C)(C)C)C[C@H]1CO. The van der Waals surface area contributed by atoms with Gasteiger partial charge in [-0.15, -0.1) is 0 Å². The first kappa shape index (κ1) is 19.3. The lowest BCUT2D eigenvalue weighted by Gasteiger charge is -2.44. The zero-order valence-corrected chi connectivity index (χ0v) is 17.4. The molecule has 1 fully saturated rings. The van der Waals surface area contributed by atoms with E-state index in [1.165, 1.54) is 10.4 Å². The molecule has 0 saturated carbocycles. The predicted molar refractivity (Wildman–Crippen MR) is 111 cm³/mol. The topological polar surface area (TPSA) is 32.7 Å². The van der Waals surface area contributed by atoms with Gasteiger partial charge in [-0.3, -0.25) is 4.90 Å². The van der Waals surface area contributed by atoms with Crippen molar-refractivity contribution in [2.75, 3.05) is 20.2 Å². The van der Waals surface area contributed by atoms with Gasteiger partial charge in [0.25, 0.3) is 8.32 Å². The van der Waals surface area contributed by atoms with E-state index in [2.05, 4.69) is 93.4 Å². The van der Waals surface area contributed by atoms with E-state index in [-0.39, 0.29) is 23.8 Å². The molecule has 2 atom stereocenters. The summed E-state index contributed by atoms with van der Waals surface area (Å²) in [6, 6.07) is 21.7. The molecule has 1 saturated heterocycles. The molecule has 0 spiro atoms. The molecule has 1 heterocycles. The summed E-state index contributed by atoms with van der Waals surface area (Å²) in [6.45, 7) is 7.98. The molecule has 0 aliphatic carbocycles. The number of rotatable bonds is 5. The summed E-state index contributed by atoms with van der Waals surface area (Å²) in [5.74, 6) is 0. The van der Waals surface area contributed by atoms with Gasteiger partial charge in [-0.05, 0) is 28.9 Å². The van der Waals surface area contributed by atoms with Crippen molar-refractivity contribution in [3.05, 3.63) is 60.7 Å². The minimum absolute atomic E-state index is 0.00835. The lowest BCUT2D eigenvalue weighted by atomic mass is 10.2. The molecule has 0 aromatic heterocycles. The number of aliphatic hydroxyl groups excluding tert-OH is 1. The highest BCUT2D eigenvalue weighted by Crippen LogP contribution is 2.38. The summed E-state index contributed by atoms with van der Waals surface area (Å²) < 4.78 is 7.12. The molecule has 2 aromatic rings. The molecule has 26 heavy (non-hydrogen) atoms. The Labute approximate surface area is 158 Å². The summed E-state index contributed by atoms with van der Waals surface area (Å²) >= 11 is 0. The molecular weight excluding hydrogens is 338 g/mol. The van der Waals surface area contributed by atoms with E-state index in [4.69, 9.17) is 4.43 Å². The third-order valence-corrected chi connectivity index (χ3v) is 10.7. The minimum atomic E-state index is -2.49. The van der Waals surface area contributed by atoms with Gasteiger partial charge in [-0.2, -0.15) is 0 Å². The quantitative estimate of drug-likeness (QED) is 0.823. The van der Waals surface area contributed by atoms with Crippen LogP contribution >= 0.6 is 0 Å². The van der Waals surface area contributed by atoms with E-state index < -0.39 is 8.32 Å². The maximum Gasteiger partial charge on any atom is 0.261 e. The maximum absolute atomic E-state index is 9.66. The van der Waals surface area contributed by atoms with Gasteiger partial charge in [0.2, 0.25) is 0 Å². The minimum Gasteiger partial charge on any atom is -0.403 e. The van der Waals surface area contributed by atoms with Gasteiger partial charge in [-0.1, -0.05) is 81.4 Å². The Balaban J connectivity index is 2.09. The van der Waals surface area contributed by atoms with Gasteiger partial charge >= 0.3 is 0 Å². The Kier molecular flexibility index (Phi) is 5.68. The van der Waals surface area contributed by atoms with Crippen molar-refractivity contribution in [3.63, 3.8) is 0 Å². The molecule has 140 valence electrons. The van der Waals surface area contributed by atoms with Gasteiger partial charge in [0.1, 0.15) is 0 Å². The van der Waals surface area contributed by atoms with Gasteiger partial charge in [0, 0.05) is 12.6 Å². The van der Waals surface area contributed by atoms with Crippen LogP contribution in [0.25, 0.3) is 0 Å². The summed E-state index contributed by atoms with van der Waals surface area (Å²) in [7, 11) is -0.416. The molecule has 3 nitrogen and oxygen atoms in total. The first-order chi connectivity index (χ1) is 12.4. The van der Waals surface area contributed by atoms with E-state index in [1.54, 1.807) is 0 Å². The average Bonchev–Trinajstić information content (AvgIpc) is 2.99. The average molecular weight is 370 g/mol. The van der Waals surface area contributed by atoms with E-state index in [9.17, 15) is 5.11 Å². The summed E-state index contributed by atoms with van der Waals surface area (Å²) in [6.07, 6.45) is 1.03. The van der Waals surface area contributed by atoms with Crippen molar-refractivity contribution >= 4 is 18.7 Å². The van der Waals surface area contributed by atoms with E-state index >= 15 is 0 Å². The van der Waals surface area contributed by atoms with Crippen LogP contribution in [0.4, 0.5) is 0 Å². The van der Waals surface area contributed by atoms with Crippen LogP contribution in [0.3, 0.4) is 0 Å². The molecular formula is C22H31NO2Si. The van der Waals surface area contributed by atoms with Crippen molar-refractivity contribution in [1.82, 2.24) is 4.90 Å². The fraction of sp³-hybridized carbons (Fsp3) is 0.455. The Morgan fingerprint density at radius 2 is 1.50 bits per heavy atom. The molecule has 1 N–H and O–H groups in total. The molecule has 0 amide bonds. The number of likely N-dealkylation sites (tertiary alicyclic amines) is 1. The van der Waals surface area contributed by atoms with Crippen LogP contribution in [-0.2, 0) is 4.43 Å². The van der Waals surface area contributed by atoms with Crippen molar-refractivity contribution in [1.29, 1.82) is 0 Å². The molecule has 3 rings (SSSR count). The van der Waals surface area contributed by atoms with Crippen LogP contribution in [0.1, 0.15) is 27.2 Å². The third kappa shape index (κ3) is 3.51. The van der Waals surface area contributed by atoms with Crippen molar-refractivity contribution < 1.29 is 9.53 Å². The summed E-state index contributed by atoms with van der Waals surface area (Å²) in [5, 5.41) is 12.3. The Morgan fingerprint density at radius 1 is 1.00 bits per heavy atom. The van der Waals surface area contributed by atoms with Gasteiger partial charge in [0.05, 0.1) is 12.7 Å². The summed E-state index contributed by atoms with van der Waals surface area (Å²) in [4.78, 5) is 2.22. The van der Waals surface area contributed by atoms with Crippen LogP contribution in [-0.4, -0.2) is 50.7 Å². The molecule has 1 aliphatic rings. The number of nitrogens with zero attached hydrogens (tertiary/aromatic N) is 1. The van der Waals surface area contributed by atoms with Crippen LogP contribution in [0, 0.1) is 0 Å². The monoisotopic (exact) mass is 369 g/mol. The highest BCUT2D eigenvalue weighted by Gasteiger charge is 2.52. The van der Waals surface area contributed by atoms with Gasteiger partial charge in [0.15, 0.2) is 0 Å². The number of aliphatic hydroxyl groups is 1. The van der Waals surface area contributed by atoms with Crippen LogP contribution in [0.5, 0.6) is 0 Å². The lowest BCUT2D eigenvalue weighted by Crippen LogP contribution is -2.67. The van der Waals surface area contributed by atoms with Crippen molar-refractivity contribution in [2.24, 2.45) is 0 Å². The molecule has 0 radical (unpaired) electrons. The first-order valence-corrected chi connectivity index (χ1v) is 11.4. The molecule has 4 heteroatoms. The number of hydrogen-bond acceptors (Lipinski definition) is 3. The lowest BCUT2D eigenvalue weighted by molar-refractivity contribution is 0.181. The van der Waals surface area contributed by atoms with Crippen LogP contribution in [0.15, 0.2) is 60.7 Å². The van der Waals surface area contributed by atoms with Crippen molar-refractivity contribution in [3.8, 4) is 0 Å². The zero-order chi connectivity index (χ0) is 18.8. The fourth-order valence-electron chi connectivity index (χ4n) is 4.27. The van der Waals surface area contributed by atoms with Gasteiger partial charge < -0.3 is 9.53 Å². The summed E-state index contributed by atoms with van der Waals surface area (Å²) in [5.41, 5.74) is 0. The second-order valence-electron chi connectivity index (χ2n) is 8.41. The Hall–Kier alpha value is -1.46. The molecule has 1 aliphatic heterocycles. The standard InChI is InChI=1S/C22H31NO2Si/c1-22(2,3)26(20-11-7-5-8-12-20,21-13-9-6-10-14-21)25-19-15-18(17-24)23(4)16-19/h5-14,18-19,24H,15-17H2,1-4H3/t18-,19+/m0/s1. The highest BCUT2D eigenvalue weighted by atomic mass is 28.4. The zero-order valence-electron chi connectivity index (χ0n) is 16.4. The van der Waals surface area contributed by atoms with Crippen LogP contribution < -0.4 is 10.4 Å². The second kappa shape index (κ2) is 7.65. The number of benzene rings is 2. The van der Waals surface area contributed by atoms with E-state index in [1.807, 2.05) is 0 Å². The predicted octanol–water partition coefficient (Wildman–Crippen LogP) is 2.63. The van der Waals surface area contributed by atoms with Crippen molar-refractivity contribution in [2.45, 2.75) is 44.4 Å². The number of hydrogen-bond donors (Lipinski definition) is 1. The normalized spacial score (nSPS) is 21.9. The molecule has 2 aromatic carbocycles. The van der Waals surface area contributed by atoms with E-state index in [0.29, 0.717) is 0 Å². The fourth-order valence-corrected chi connectivity index (χ4v) is 8.95. The van der Waals surface area contributed by atoms with Crippen LogP contribution in [0.2, 0.25) is 5.04 Å². The molecule has 0 unspecified atom stereocenters. The first-order valence-electron chi connectivity index (χ1n) is 9.48. The Morgan fingerprint density at radius 3 is 1.88 bits per heavy atom. The van der Waals surface area contributed by atoms with E-state index in [0.717, 1.165) is 13.0 Å². The highest BCUT2D eigenvalue weighted by molar-refractivity contribution is 6.99. The maximum atomic E-state index is 9.66. The molecule has 0 bridgehead atoms. The largest absolute Gasteiger partial charge is 0.403 e. The second-order valence-corrected chi connectivity index (χ2v) is 12.7. The third-order valence-electron chi connectivity index (χ3n) is 5.62.